The fourth-order valence-corrected chi connectivity index (χ4v) is 3.81. The first kappa shape index (κ1) is 19.2. The standard InChI is InChI=1S/C20H27N3O4/c1-5-27-19(26)23-10-6-9-22(11-12-23)17(24)14-7-8-16-15(13-14)20(2,3)18(25)21(16)4/h7-8,13H,5-6,9-12H2,1-4H3. The van der Waals surface area contributed by atoms with E-state index in [9.17, 15) is 14.4 Å². The summed E-state index contributed by atoms with van der Waals surface area (Å²) in [7, 11) is 1.76. The quantitative estimate of drug-likeness (QED) is 0.797. The number of anilines is 1. The lowest BCUT2D eigenvalue weighted by atomic mass is 9.85. The van der Waals surface area contributed by atoms with Gasteiger partial charge < -0.3 is 19.4 Å². The normalized spacial score (nSPS) is 19.0. The molecule has 0 unspecified atom stereocenters. The number of fused-ring (bicyclic) bond motifs is 1. The van der Waals surface area contributed by atoms with Crippen LogP contribution in [-0.2, 0) is 14.9 Å². The van der Waals surface area contributed by atoms with Crippen molar-refractivity contribution in [3.8, 4) is 0 Å². The molecule has 3 rings (SSSR count). The zero-order chi connectivity index (χ0) is 19.8. The summed E-state index contributed by atoms with van der Waals surface area (Å²) in [5.74, 6) is -0.0386. The zero-order valence-corrected chi connectivity index (χ0v) is 16.4. The first-order valence-electron chi connectivity index (χ1n) is 9.41. The molecule has 2 heterocycles. The Labute approximate surface area is 159 Å². The third-order valence-corrected chi connectivity index (χ3v) is 5.43. The van der Waals surface area contributed by atoms with Gasteiger partial charge in [0.1, 0.15) is 0 Å². The minimum Gasteiger partial charge on any atom is -0.450 e. The zero-order valence-electron chi connectivity index (χ0n) is 16.4. The number of likely N-dealkylation sites (N-methyl/N-ethyl adjacent to an activating group) is 1. The van der Waals surface area contributed by atoms with E-state index in [4.69, 9.17) is 4.74 Å². The van der Waals surface area contributed by atoms with Crippen LogP contribution >= 0.6 is 0 Å². The Morgan fingerprint density at radius 3 is 2.48 bits per heavy atom. The van der Waals surface area contributed by atoms with Crippen LogP contribution in [0.3, 0.4) is 0 Å². The van der Waals surface area contributed by atoms with Gasteiger partial charge in [0.05, 0.1) is 12.0 Å². The van der Waals surface area contributed by atoms with Crippen molar-refractivity contribution in [3.63, 3.8) is 0 Å². The van der Waals surface area contributed by atoms with Gasteiger partial charge in [0.15, 0.2) is 0 Å². The fraction of sp³-hybridized carbons (Fsp3) is 0.550. The first-order chi connectivity index (χ1) is 12.8. The third kappa shape index (κ3) is 3.38. The number of hydrogen-bond donors (Lipinski definition) is 0. The van der Waals surface area contributed by atoms with Crippen molar-refractivity contribution in [1.82, 2.24) is 9.80 Å². The molecule has 0 spiro atoms. The number of carbonyl (C=O) groups excluding carboxylic acids is 3. The number of hydrogen-bond acceptors (Lipinski definition) is 4. The van der Waals surface area contributed by atoms with Gasteiger partial charge in [-0.05, 0) is 51.0 Å². The van der Waals surface area contributed by atoms with Crippen LogP contribution in [0.1, 0.15) is 43.1 Å². The highest BCUT2D eigenvalue weighted by molar-refractivity contribution is 6.08. The predicted octanol–water partition coefficient (Wildman–Crippen LogP) is 2.25. The van der Waals surface area contributed by atoms with Crippen LogP contribution in [0.25, 0.3) is 0 Å². The monoisotopic (exact) mass is 373 g/mol. The maximum absolute atomic E-state index is 13.0. The van der Waals surface area contributed by atoms with E-state index in [1.165, 1.54) is 0 Å². The number of benzene rings is 1. The Kier molecular flexibility index (Phi) is 5.13. The van der Waals surface area contributed by atoms with E-state index in [1.54, 1.807) is 34.7 Å². The Balaban J connectivity index is 1.77. The summed E-state index contributed by atoms with van der Waals surface area (Å²) in [5.41, 5.74) is 1.67. The van der Waals surface area contributed by atoms with Gasteiger partial charge in [-0.2, -0.15) is 0 Å². The molecule has 1 aromatic carbocycles. The van der Waals surface area contributed by atoms with Crippen molar-refractivity contribution in [2.24, 2.45) is 0 Å². The molecular formula is C20H27N3O4. The van der Waals surface area contributed by atoms with Crippen LogP contribution in [-0.4, -0.2) is 67.5 Å². The number of rotatable bonds is 2. The Bertz CT molecular complexity index is 774. The Hall–Kier alpha value is -2.57. The molecule has 7 heteroatoms. The molecule has 0 bridgehead atoms. The van der Waals surface area contributed by atoms with Crippen LogP contribution < -0.4 is 4.90 Å². The third-order valence-electron chi connectivity index (χ3n) is 5.43. The second-order valence-corrected chi connectivity index (χ2v) is 7.55. The van der Waals surface area contributed by atoms with E-state index in [0.29, 0.717) is 44.8 Å². The average molecular weight is 373 g/mol. The lowest BCUT2D eigenvalue weighted by Gasteiger charge is -2.22. The molecule has 0 saturated carbocycles. The summed E-state index contributed by atoms with van der Waals surface area (Å²) >= 11 is 0. The lowest BCUT2D eigenvalue weighted by molar-refractivity contribution is -0.121. The van der Waals surface area contributed by atoms with Gasteiger partial charge >= 0.3 is 6.09 Å². The van der Waals surface area contributed by atoms with E-state index in [0.717, 1.165) is 11.3 Å². The van der Waals surface area contributed by atoms with Gasteiger partial charge in [-0.3, -0.25) is 9.59 Å². The summed E-state index contributed by atoms with van der Waals surface area (Å²) in [5, 5.41) is 0. The van der Waals surface area contributed by atoms with Crippen LogP contribution in [0, 0.1) is 0 Å². The van der Waals surface area contributed by atoms with E-state index >= 15 is 0 Å². The SMILES string of the molecule is CCOC(=O)N1CCCN(C(=O)c2ccc3c(c2)C(C)(C)C(=O)N3C)CC1. The van der Waals surface area contributed by atoms with Crippen molar-refractivity contribution >= 4 is 23.6 Å². The highest BCUT2D eigenvalue weighted by atomic mass is 16.6. The molecule has 0 N–H and O–H groups in total. The molecule has 0 aromatic heterocycles. The van der Waals surface area contributed by atoms with E-state index in [-0.39, 0.29) is 17.9 Å². The highest BCUT2D eigenvalue weighted by Gasteiger charge is 2.42. The van der Waals surface area contributed by atoms with E-state index < -0.39 is 5.41 Å². The number of amides is 3. The molecule has 1 saturated heterocycles. The van der Waals surface area contributed by atoms with Gasteiger partial charge in [-0.15, -0.1) is 0 Å². The molecule has 1 aromatic rings. The van der Waals surface area contributed by atoms with Crippen LogP contribution in [0.4, 0.5) is 10.5 Å². The largest absolute Gasteiger partial charge is 0.450 e. The summed E-state index contributed by atoms with van der Waals surface area (Å²) in [6, 6.07) is 5.46. The van der Waals surface area contributed by atoms with Gasteiger partial charge in [0, 0.05) is 44.5 Å². The second-order valence-electron chi connectivity index (χ2n) is 7.55. The van der Waals surface area contributed by atoms with Gasteiger partial charge in [-0.25, -0.2) is 4.79 Å². The molecule has 0 atom stereocenters. The molecule has 146 valence electrons. The van der Waals surface area contributed by atoms with E-state index in [2.05, 4.69) is 0 Å². The smallest absolute Gasteiger partial charge is 0.409 e. The van der Waals surface area contributed by atoms with Crippen LogP contribution in [0.15, 0.2) is 18.2 Å². The van der Waals surface area contributed by atoms with Crippen molar-refractivity contribution in [2.45, 2.75) is 32.6 Å². The molecule has 0 aliphatic carbocycles. The molecule has 2 aliphatic rings. The Morgan fingerprint density at radius 1 is 1.11 bits per heavy atom. The van der Waals surface area contributed by atoms with Crippen LogP contribution in [0.5, 0.6) is 0 Å². The summed E-state index contributed by atoms with van der Waals surface area (Å²) in [6.45, 7) is 8.00. The summed E-state index contributed by atoms with van der Waals surface area (Å²) in [6.07, 6.45) is 0.384. The molecule has 0 radical (unpaired) electrons. The molecular weight excluding hydrogens is 346 g/mol. The van der Waals surface area contributed by atoms with Gasteiger partial charge in [-0.1, -0.05) is 0 Å². The molecule has 7 nitrogen and oxygen atoms in total. The van der Waals surface area contributed by atoms with Gasteiger partial charge in [0.2, 0.25) is 5.91 Å². The van der Waals surface area contributed by atoms with Gasteiger partial charge in [0.25, 0.3) is 5.91 Å². The number of nitrogens with zero attached hydrogens (tertiary/aromatic N) is 3. The minimum atomic E-state index is -0.639. The number of ether oxygens (including phenoxy) is 1. The van der Waals surface area contributed by atoms with Crippen LogP contribution in [0.2, 0.25) is 0 Å². The first-order valence-corrected chi connectivity index (χ1v) is 9.41. The van der Waals surface area contributed by atoms with E-state index in [1.807, 2.05) is 26.0 Å². The fourth-order valence-electron chi connectivity index (χ4n) is 3.81. The summed E-state index contributed by atoms with van der Waals surface area (Å²) in [4.78, 5) is 42.5. The minimum absolute atomic E-state index is 0.0296. The molecule has 27 heavy (non-hydrogen) atoms. The lowest BCUT2D eigenvalue weighted by Crippen LogP contribution is -2.37. The number of carbonyl (C=O) groups is 3. The maximum atomic E-state index is 13.0. The molecule has 1 fully saturated rings. The summed E-state index contributed by atoms with van der Waals surface area (Å²) < 4.78 is 5.06. The highest BCUT2D eigenvalue weighted by Crippen LogP contribution is 2.41. The van der Waals surface area contributed by atoms with Crippen molar-refractivity contribution in [2.75, 3.05) is 44.7 Å². The average Bonchev–Trinajstić information content (AvgIpc) is 2.85. The maximum Gasteiger partial charge on any atom is 0.409 e. The van der Waals surface area contributed by atoms with Crippen molar-refractivity contribution in [3.05, 3.63) is 29.3 Å². The molecule has 2 aliphatic heterocycles. The predicted molar refractivity (Wildman–Crippen MR) is 102 cm³/mol. The second kappa shape index (κ2) is 7.21. The van der Waals surface area contributed by atoms with Crippen molar-refractivity contribution in [1.29, 1.82) is 0 Å². The topological polar surface area (TPSA) is 70.2 Å². The Morgan fingerprint density at radius 2 is 1.78 bits per heavy atom. The van der Waals surface area contributed by atoms with Crippen molar-refractivity contribution < 1.29 is 19.1 Å². The molecule has 3 amide bonds.